The van der Waals surface area contributed by atoms with Crippen LogP contribution in [0.4, 0.5) is 5.82 Å². The van der Waals surface area contributed by atoms with Gasteiger partial charge in [-0.05, 0) is 26.3 Å². The molecule has 0 saturated heterocycles. The Morgan fingerprint density at radius 3 is 2.71 bits per heavy atom. The molecule has 0 aliphatic heterocycles. The Labute approximate surface area is 106 Å². The van der Waals surface area contributed by atoms with E-state index in [0.717, 1.165) is 30.3 Å². The molecule has 2 rings (SSSR count). The minimum atomic E-state index is 0.810. The lowest BCUT2D eigenvalue weighted by molar-refractivity contribution is 0.955. The highest BCUT2D eigenvalue weighted by molar-refractivity contribution is 7.10. The number of thiophene rings is 1. The molecule has 3 nitrogen and oxygen atoms in total. The van der Waals surface area contributed by atoms with Gasteiger partial charge in [-0.25, -0.2) is 9.97 Å². The van der Waals surface area contributed by atoms with Crippen LogP contribution in [0.5, 0.6) is 0 Å². The summed E-state index contributed by atoms with van der Waals surface area (Å²) in [5.41, 5.74) is 2.18. The van der Waals surface area contributed by atoms with Gasteiger partial charge in [0.2, 0.25) is 0 Å². The number of nitrogens with one attached hydrogen (secondary N) is 1. The first-order chi connectivity index (χ1) is 8.19. The zero-order valence-electron chi connectivity index (χ0n) is 10.4. The Bertz CT molecular complexity index is 505. The highest BCUT2D eigenvalue weighted by Gasteiger charge is 2.05. The Kier molecular flexibility index (Phi) is 3.74. The van der Waals surface area contributed by atoms with Gasteiger partial charge in [-0.3, -0.25) is 0 Å². The molecule has 0 aliphatic carbocycles. The molecular formula is C13H17N3S. The maximum absolute atomic E-state index is 4.48. The van der Waals surface area contributed by atoms with E-state index in [0.29, 0.717) is 0 Å². The van der Waals surface area contributed by atoms with E-state index in [1.165, 1.54) is 10.4 Å². The predicted octanol–water partition coefficient (Wildman–Crippen LogP) is 3.64. The summed E-state index contributed by atoms with van der Waals surface area (Å²) in [6, 6.07) is 4.18. The van der Waals surface area contributed by atoms with E-state index in [4.69, 9.17) is 0 Å². The average Bonchev–Trinajstić information content (AvgIpc) is 2.72. The van der Waals surface area contributed by atoms with E-state index in [9.17, 15) is 0 Å². The highest BCUT2D eigenvalue weighted by Crippen LogP contribution is 2.25. The molecule has 4 heteroatoms. The van der Waals surface area contributed by atoms with Crippen LogP contribution in [-0.2, 0) is 0 Å². The van der Waals surface area contributed by atoms with Gasteiger partial charge in [-0.2, -0.15) is 0 Å². The second kappa shape index (κ2) is 5.27. The number of rotatable bonds is 4. The van der Waals surface area contributed by atoms with Crippen molar-refractivity contribution in [2.24, 2.45) is 0 Å². The Balaban J connectivity index is 2.31. The molecule has 2 heterocycles. The van der Waals surface area contributed by atoms with E-state index in [1.54, 1.807) is 11.3 Å². The summed E-state index contributed by atoms with van der Waals surface area (Å²) in [6.07, 6.45) is 1.09. The van der Waals surface area contributed by atoms with Gasteiger partial charge >= 0.3 is 0 Å². The van der Waals surface area contributed by atoms with Crippen molar-refractivity contribution in [3.8, 4) is 11.3 Å². The molecule has 0 bridgehead atoms. The topological polar surface area (TPSA) is 37.8 Å². The van der Waals surface area contributed by atoms with Gasteiger partial charge in [0.15, 0.2) is 0 Å². The minimum Gasteiger partial charge on any atom is -0.370 e. The molecule has 0 spiro atoms. The van der Waals surface area contributed by atoms with E-state index in [-0.39, 0.29) is 0 Å². The molecule has 0 unspecified atom stereocenters. The van der Waals surface area contributed by atoms with Crippen molar-refractivity contribution >= 4 is 17.2 Å². The van der Waals surface area contributed by atoms with Crippen molar-refractivity contribution in [1.82, 2.24) is 9.97 Å². The third-order valence-electron chi connectivity index (χ3n) is 2.42. The van der Waals surface area contributed by atoms with Crippen LogP contribution >= 0.6 is 11.3 Å². The molecule has 0 aliphatic rings. The Hall–Kier alpha value is -1.42. The van der Waals surface area contributed by atoms with Crippen LogP contribution < -0.4 is 5.32 Å². The largest absolute Gasteiger partial charge is 0.370 e. The number of aryl methyl sites for hydroxylation is 2. The molecule has 2 aromatic heterocycles. The molecule has 1 N–H and O–H groups in total. The average molecular weight is 247 g/mol. The standard InChI is InChI=1S/C13H17N3S/c1-4-5-14-13-7-12(15-10(3)16-13)11-6-9(2)17-8-11/h6-8H,4-5H2,1-3H3,(H,14,15,16). The third-order valence-corrected chi connectivity index (χ3v) is 3.28. The number of hydrogen-bond acceptors (Lipinski definition) is 4. The van der Waals surface area contributed by atoms with Crippen LogP contribution in [-0.4, -0.2) is 16.5 Å². The van der Waals surface area contributed by atoms with Crippen molar-refractivity contribution in [3.05, 3.63) is 28.2 Å². The van der Waals surface area contributed by atoms with Crippen LogP contribution in [0.25, 0.3) is 11.3 Å². The predicted molar refractivity (Wildman–Crippen MR) is 73.6 cm³/mol. The fraction of sp³-hybridized carbons (Fsp3) is 0.385. The normalized spacial score (nSPS) is 10.5. The van der Waals surface area contributed by atoms with Crippen molar-refractivity contribution in [1.29, 1.82) is 0 Å². The lowest BCUT2D eigenvalue weighted by atomic mass is 10.2. The fourth-order valence-corrected chi connectivity index (χ4v) is 2.33. The van der Waals surface area contributed by atoms with Gasteiger partial charge in [0, 0.05) is 28.4 Å². The molecule has 0 atom stereocenters. The maximum atomic E-state index is 4.48. The Morgan fingerprint density at radius 1 is 1.24 bits per heavy atom. The minimum absolute atomic E-state index is 0.810. The van der Waals surface area contributed by atoms with Gasteiger partial charge in [0.1, 0.15) is 11.6 Å². The zero-order valence-corrected chi connectivity index (χ0v) is 11.3. The second-order valence-corrected chi connectivity index (χ2v) is 5.17. The van der Waals surface area contributed by atoms with Crippen LogP contribution in [0.1, 0.15) is 24.0 Å². The molecule has 0 radical (unpaired) electrons. The van der Waals surface area contributed by atoms with Crippen LogP contribution in [0.2, 0.25) is 0 Å². The zero-order chi connectivity index (χ0) is 12.3. The van der Waals surface area contributed by atoms with Crippen LogP contribution in [0, 0.1) is 13.8 Å². The summed E-state index contributed by atoms with van der Waals surface area (Å²) < 4.78 is 0. The van der Waals surface area contributed by atoms with Crippen molar-refractivity contribution in [2.75, 3.05) is 11.9 Å². The second-order valence-electron chi connectivity index (χ2n) is 4.06. The molecule has 0 aromatic carbocycles. The lowest BCUT2D eigenvalue weighted by Crippen LogP contribution is -2.04. The quantitative estimate of drug-likeness (QED) is 0.896. The monoisotopic (exact) mass is 247 g/mol. The number of nitrogens with zero attached hydrogens (tertiary/aromatic N) is 2. The molecule has 0 fully saturated rings. The van der Waals surface area contributed by atoms with E-state index in [1.807, 2.05) is 13.0 Å². The fourth-order valence-electron chi connectivity index (χ4n) is 1.64. The number of anilines is 1. The first kappa shape index (κ1) is 12.0. The highest BCUT2D eigenvalue weighted by atomic mass is 32.1. The summed E-state index contributed by atoms with van der Waals surface area (Å²) >= 11 is 1.75. The maximum Gasteiger partial charge on any atom is 0.130 e. The Morgan fingerprint density at radius 2 is 2.06 bits per heavy atom. The van der Waals surface area contributed by atoms with Gasteiger partial charge in [-0.1, -0.05) is 6.92 Å². The first-order valence-electron chi connectivity index (χ1n) is 5.84. The van der Waals surface area contributed by atoms with Gasteiger partial charge in [0.05, 0.1) is 5.69 Å². The van der Waals surface area contributed by atoms with Crippen LogP contribution in [0.15, 0.2) is 17.5 Å². The van der Waals surface area contributed by atoms with Crippen LogP contribution in [0.3, 0.4) is 0 Å². The number of hydrogen-bond donors (Lipinski definition) is 1. The number of aromatic nitrogens is 2. The summed E-state index contributed by atoms with van der Waals surface area (Å²) in [6.45, 7) is 7.13. The first-order valence-corrected chi connectivity index (χ1v) is 6.72. The lowest BCUT2D eigenvalue weighted by Gasteiger charge is -2.06. The summed E-state index contributed by atoms with van der Waals surface area (Å²) in [4.78, 5) is 10.2. The van der Waals surface area contributed by atoms with Gasteiger partial charge in [0.25, 0.3) is 0 Å². The molecule has 0 amide bonds. The SMILES string of the molecule is CCCNc1cc(-c2csc(C)c2)nc(C)n1. The molecule has 90 valence electrons. The van der Waals surface area contributed by atoms with E-state index < -0.39 is 0 Å². The van der Waals surface area contributed by atoms with Crippen molar-refractivity contribution in [3.63, 3.8) is 0 Å². The van der Waals surface area contributed by atoms with Gasteiger partial charge < -0.3 is 5.32 Å². The van der Waals surface area contributed by atoms with Crippen molar-refractivity contribution < 1.29 is 0 Å². The molecule has 2 aromatic rings. The summed E-state index contributed by atoms with van der Waals surface area (Å²) in [5, 5.41) is 5.44. The smallest absolute Gasteiger partial charge is 0.130 e. The molecular weight excluding hydrogens is 230 g/mol. The van der Waals surface area contributed by atoms with E-state index >= 15 is 0 Å². The van der Waals surface area contributed by atoms with E-state index in [2.05, 4.69) is 40.6 Å². The van der Waals surface area contributed by atoms with Gasteiger partial charge in [-0.15, -0.1) is 11.3 Å². The molecule has 17 heavy (non-hydrogen) atoms. The van der Waals surface area contributed by atoms with Crippen molar-refractivity contribution in [2.45, 2.75) is 27.2 Å². The summed E-state index contributed by atoms with van der Waals surface area (Å²) in [7, 11) is 0. The third kappa shape index (κ3) is 3.03. The molecule has 0 saturated carbocycles. The summed E-state index contributed by atoms with van der Waals surface area (Å²) in [5.74, 6) is 1.73.